The van der Waals surface area contributed by atoms with Gasteiger partial charge in [-0.2, -0.15) is 13.2 Å². The van der Waals surface area contributed by atoms with Crippen LogP contribution in [0.15, 0.2) is 5.16 Å². The summed E-state index contributed by atoms with van der Waals surface area (Å²) in [6.45, 7) is 1.78. The quantitative estimate of drug-likeness (QED) is 0.210. The van der Waals surface area contributed by atoms with Gasteiger partial charge >= 0.3 is 6.18 Å². The van der Waals surface area contributed by atoms with Crippen molar-refractivity contribution in [3.8, 4) is 0 Å². The first-order valence-electron chi connectivity index (χ1n) is 4.14. The molecule has 0 fully saturated rings. The Bertz CT molecular complexity index is 193. The maximum atomic E-state index is 11.7. The van der Waals surface area contributed by atoms with E-state index in [1.165, 1.54) is 0 Å². The van der Waals surface area contributed by atoms with Crippen molar-refractivity contribution < 1.29 is 18.4 Å². The third kappa shape index (κ3) is 6.53. The van der Waals surface area contributed by atoms with Crippen LogP contribution in [0.5, 0.6) is 0 Å². The van der Waals surface area contributed by atoms with Crippen LogP contribution in [0.2, 0.25) is 0 Å². The van der Waals surface area contributed by atoms with Gasteiger partial charge in [0.1, 0.15) is 0 Å². The van der Waals surface area contributed by atoms with Crippen LogP contribution in [-0.4, -0.2) is 29.8 Å². The maximum absolute atomic E-state index is 11.7. The van der Waals surface area contributed by atoms with Gasteiger partial charge < -0.3 is 16.3 Å². The number of alkyl halides is 3. The lowest BCUT2D eigenvalue weighted by Crippen LogP contribution is -2.39. The van der Waals surface area contributed by atoms with Crippen molar-refractivity contribution in [2.24, 2.45) is 10.9 Å². The van der Waals surface area contributed by atoms with Crippen LogP contribution in [-0.2, 0) is 0 Å². The summed E-state index contributed by atoms with van der Waals surface area (Å²) in [6, 6.07) is -0.423. The molecule has 4 nitrogen and oxygen atoms in total. The summed E-state index contributed by atoms with van der Waals surface area (Å²) in [7, 11) is 0. The predicted molar refractivity (Wildman–Crippen MR) is 46.2 cm³/mol. The lowest BCUT2D eigenvalue weighted by atomic mass is 10.2. The number of hydrogen-bond donors (Lipinski definition) is 3. The molecule has 7 heteroatoms. The zero-order chi connectivity index (χ0) is 11.2. The van der Waals surface area contributed by atoms with E-state index >= 15 is 0 Å². The summed E-state index contributed by atoms with van der Waals surface area (Å²) in [6.07, 6.45) is -4.98. The lowest BCUT2D eigenvalue weighted by molar-refractivity contribution is -0.135. The molecule has 0 rings (SSSR count). The number of nitrogens with two attached hydrogens (primary N) is 1. The average molecular weight is 213 g/mol. The van der Waals surface area contributed by atoms with Crippen molar-refractivity contribution in [1.82, 2.24) is 5.32 Å². The van der Waals surface area contributed by atoms with Gasteiger partial charge in [0.25, 0.3) is 0 Å². The molecule has 0 bridgehead atoms. The summed E-state index contributed by atoms with van der Waals surface area (Å²) < 4.78 is 35.1. The molecule has 0 aromatic heterocycles. The Morgan fingerprint density at radius 1 is 1.57 bits per heavy atom. The number of amidine groups is 1. The van der Waals surface area contributed by atoms with Gasteiger partial charge in [-0.25, -0.2) is 0 Å². The third-order valence-electron chi connectivity index (χ3n) is 1.65. The van der Waals surface area contributed by atoms with E-state index in [-0.39, 0.29) is 18.8 Å². The summed E-state index contributed by atoms with van der Waals surface area (Å²) in [5, 5.41) is 13.6. The highest BCUT2D eigenvalue weighted by molar-refractivity contribution is 5.84. The van der Waals surface area contributed by atoms with Gasteiger partial charge in [0.05, 0.1) is 6.04 Å². The second-order valence-corrected chi connectivity index (χ2v) is 2.92. The fraction of sp³-hybridized carbons (Fsp3) is 0.857. The minimum Gasteiger partial charge on any atom is -0.409 e. The van der Waals surface area contributed by atoms with Gasteiger partial charge in [-0.3, -0.25) is 0 Å². The highest BCUT2D eigenvalue weighted by Crippen LogP contribution is 2.20. The van der Waals surface area contributed by atoms with Gasteiger partial charge in [0, 0.05) is 6.42 Å². The minimum atomic E-state index is -4.12. The maximum Gasteiger partial charge on any atom is 0.389 e. The van der Waals surface area contributed by atoms with Crippen LogP contribution in [0.1, 0.15) is 19.8 Å². The molecular weight excluding hydrogens is 199 g/mol. The lowest BCUT2D eigenvalue weighted by Gasteiger charge is -2.12. The molecule has 0 aliphatic carbocycles. The number of nitrogens with zero attached hydrogens (tertiary/aromatic N) is 1. The normalized spacial score (nSPS) is 15.6. The van der Waals surface area contributed by atoms with Crippen LogP contribution in [0.25, 0.3) is 0 Å². The Morgan fingerprint density at radius 2 is 2.14 bits per heavy atom. The van der Waals surface area contributed by atoms with E-state index in [0.717, 1.165) is 0 Å². The van der Waals surface area contributed by atoms with E-state index in [9.17, 15) is 13.2 Å². The molecule has 0 heterocycles. The molecule has 0 aromatic carbocycles. The van der Waals surface area contributed by atoms with Gasteiger partial charge in [-0.05, 0) is 19.9 Å². The number of rotatable bonds is 5. The molecule has 0 radical (unpaired) electrons. The Balaban J connectivity index is 3.56. The average Bonchev–Trinajstić information content (AvgIpc) is 2.09. The highest BCUT2D eigenvalue weighted by atomic mass is 19.4. The topological polar surface area (TPSA) is 70.6 Å². The van der Waals surface area contributed by atoms with Crippen molar-refractivity contribution in [1.29, 1.82) is 0 Å². The first kappa shape index (κ1) is 13.0. The second kappa shape index (κ2) is 5.69. The first-order chi connectivity index (χ1) is 6.37. The highest BCUT2D eigenvalue weighted by Gasteiger charge is 2.25. The monoisotopic (exact) mass is 213 g/mol. The summed E-state index contributed by atoms with van der Waals surface area (Å²) in [4.78, 5) is 0. The van der Waals surface area contributed by atoms with Crippen LogP contribution < -0.4 is 11.1 Å². The van der Waals surface area contributed by atoms with E-state index < -0.39 is 18.6 Å². The number of oxime groups is 1. The van der Waals surface area contributed by atoms with Crippen molar-refractivity contribution in [3.63, 3.8) is 0 Å². The standard InChI is InChI=1S/C7H14F3N3O/c1-5(6(11)13-14)12-4-2-3-7(8,9)10/h5,12,14H,2-4H2,1H3,(H2,11,13). The number of halogens is 3. The summed E-state index contributed by atoms with van der Waals surface area (Å²) >= 11 is 0. The molecule has 14 heavy (non-hydrogen) atoms. The van der Waals surface area contributed by atoms with Crippen molar-refractivity contribution >= 4 is 5.84 Å². The van der Waals surface area contributed by atoms with Gasteiger partial charge in [-0.15, -0.1) is 0 Å². The Labute approximate surface area is 80.0 Å². The molecule has 1 unspecified atom stereocenters. The molecule has 0 aliphatic rings. The molecule has 0 aliphatic heterocycles. The van der Waals surface area contributed by atoms with Crippen LogP contribution in [0.3, 0.4) is 0 Å². The third-order valence-corrected chi connectivity index (χ3v) is 1.65. The fourth-order valence-corrected chi connectivity index (χ4v) is 0.799. The minimum absolute atomic E-state index is 0.0213. The molecule has 0 aromatic rings. The van der Waals surface area contributed by atoms with Crippen LogP contribution >= 0.6 is 0 Å². The Kier molecular flexibility index (Phi) is 5.29. The van der Waals surface area contributed by atoms with Gasteiger partial charge in [-0.1, -0.05) is 5.16 Å². The molecule has 0 saturated heterocycles. The molecule has 0 spiro atoms. The summed E-state index contributed by atoms with van der Waals surface area (Å²) in [5.74, 6) is -0.0444. The molecule has 0 saturated carbocycles. The largest absolute Gasteiger partial charge is 0.409 e. The molecular formula is C7H14F3N3O. The van der Waals surface area contributed by atoms with Crippen LogP contribution in [0.4, 0.5) is 13.2 Å². The molecule has 0 amide bonds. The van der Waals surface area contributed by atoms with E-state index in [0.29, 0.717) is 0 Å². The van der Waals surface area contributed by atoms with Crippen LogP contribution in [0, 0.1) is 0 Å². The smallest absolute Gasteiger partial charge is 0.389 e. The zero-order valence-electron chi connectivity index (χ0n) is 7.80. The Hall–Kier alpha value is -0.980. The SMILES string of the molecule is CC(NCCCC(F)(F)F)C(N)=NO. The van der Waals surface area contributed by atoms with E-state index in [4.69, 9.17) is 10.9 Å². The number of nitrogens with one attached hydrogen (secondary N) is 1. The molecule has 1 atom stereocenters. The molecule has 4 N–H and O–H groups in total. The first-order valence-corrected chi connectivity index (χ1v) is 4.14. The number of hydrogen-bond acceptors (Lipinski definition) is 3. The predicted octanol–water partition coefficient (Wildman–Crippen LogP) is 1.05. The zero-order valence-corrected chi connectivity index (χ0v) is 7.80. The van der Waals surface area contributed by atoms with E-state index in [1.54, 1.807) is 6.92 Å². The second-order valence-electron chi connectivity index (χ2n) is 2.92. The van der Waals surface area contributed by atoms with E-state index in [1.807, 2.05) is 0 Å². The Morgan fingerprint density at radius 3 is 2.57 bits per heavy atom. The van der Waals surface area contributed by atoms with Crippen molar-refractivity contribution in [2.45, 2.75) is 32.0 Å². The van der Waals surface area contributed by atoms with Crippen molar-refractivity contribution in [3.05, 3.63) is 0 Å². The fourth-order valence-electron chi connectivity index (χ4n) is 0.799. The summed E-state index contributed by atoms with van der Waals surface area (Å²) in [5.41, 5.74) is 5.20. The molecule has 84 valence electrons. The van der Waals surface area contributed by atoms with Gasteiger partial charge in [0.2, 0.25) is 0 Å². The van der Waals surface area contributed by atoms with Crippen molar-refractivity contribution in [2.75, 3.05) is 6.54 Å². The van der Waals surface area contributed by atoms with Gasteiger partial charge in [0.15, 0.2) is 5.84 Å². The van der Waals surface area contributed by atoms with E-state index in [2.05, 4.69) is 10.5 Å².